The maximum atomic E-state index is 12.4. The maximum Gasteiger partial charge on any atom is 0.251 e. The average Bonchev–Trinajstić information content (AvgIpc) is 2.80. The van der Waals surface area contributed by atoms with Crippen molar-refractivity contribution in [2.45, 2.75) is 6.54 Å². The smallest absolute Gasteiger partial charge is 0.251 e. The molecule has 1 N–H and O–H groups in total. The van der Waals surface area contributed by atoms with E-state index in [2.05, 4.69) is 5.32 Å². The minimum absolute atomic E-state index is 0.138. The van der Waals surface area contributed by atoms with Gasteiger partial charge in [-0.1, -0.05) is 36.4 Å². The third-order valence-electron chi connectivity index (χ3n) is 4.68. The van der Waals surface area contributed by atoms with Crippen LogP contribution in [0.1, 0.15) is 15.9 Å². The van der Waals surface area contributed by atoms with Crippen molar-refractivity contribution in [2.24, 2.45) is 0 Å². The first-order valence-corrected chi connectivity index (χ1v) is 11.9. The quantitative estimate of drug-likeness (QED) is 0.474. The fraction of sp³-hybridized carbons (Fsp3) is 0.208. The van der Waals surface area contributed by atoms with Crippen LogP contribution in [0.3, 0.4) is 0 Å². The van der Waals surface area contributed by atoms with E-state index in [1.165, 1.54) is 11.4 Å². The highest BCUT2D eigenvalue weighted by Crippen LogP contribution is 2.25. The lowest BCUT2D eigenvalue weighted by atomic mass is 10.1. The standard InChI is InChI=1S/C24H26N2O5S/c1-30-23-10-6-7-21(17-23)26(32(2,28)29)18-19-11-13-20(14-12-19)24(27)25-15-16-31-22-8-4-3-5-9-22/h3-14,17H,15-16,18H2,1-2H3,(H,25,27). The van der Waals surface area contributed by atoms with E-state index in [9.17, 15) is 13.2 Å². The molecule has 0 atom stereocenters. The van der Waals surface area contributed by atoms with Crippen LogP contribution in [-0.2, 0) is 16.6 Å². The number of carbonyl (C=O) groups is 1. The molecular formula is C24H26N2O5S. The molecule has 0 spiro atoms. The third kappa shape index (κ3) is 6.49. The zero-order chi connectivity index (χ0) is 23.0. The predicted octanol–water partition coefficient (Wildman–Crippen LogP) is 3.47. The fourth-order valence-corrected chi connectivity index (χ4v) is 3.93. The molecule has 3 aromatic carbocycles. The lowest BCUT2D eigenvalue weighted by Gasteiger charge is -2.23. The van der Waals surface area contributed by atoms with Crippen LogP contribution in [0.5, 0.6) is 11.5 Å². The van der Waals surface area contributed by atoms with Gasteiger partial charge in [0.2, 0.25) is 10.0 Å². The average molecular weight is 455 g/mol. The molecular weight excluding hydrogens is 428 g/mol. The second-order valence-electron chi connectivity index (χ2n) is 7.09. The number of sulfonamides is 1. The summed E-state index contributed by atoms with van der Waals surface area (Å²) >= 11 is 0. The van der Waals surface area contributed by atoms with E-state index < -0.39 is 10.0 Å². The van der Waals surface area contributed by atoms with Crippen molar-refractivity contribution in [3.8, 4) is 11.5 Å². The van der Waals surface area contributed by atoms with Gasteiger partial charge in [0.1, 0.15) is 18.1 Å². The second kappa shape index (κ2) is 10.7. The van der Waals surface area contributed by atoms with E-state index in [-0.39, 0.29) is 12.5 Å². The number of rotatable bonds is 10. The van der Waals surface area contributed by atoms with Gasteiger partial charge in [-0.25, -0.2) is 8.42 Å². The highest BCUT2D eigenvalue weighted by atomic mass is 32.2. The maximum absolute atomic E-state index is 12.4. The van der Waals surface area contributed by atoms with Gasteiger partial charge in [0, 0.05) is 11.6 Å². The molecule has 0 saturated heterocycles. The first-order valence-electron chi connectivity index (χ1n) is 10.0. The van der Waals surface area contributed by atoms with Crippen molar-refractivity contribution < 1.29 is 22.7 Å². The highest BCUT2D eigenvalue weighted by molar-refractivity contribution is 7.92. The molecule has 0 heterocycles. The lowest BCUT2D eigenvalue weighted by Crippen LogP contribution is -2.29. The highest BCUT2D eigenvalue weighted by Gasteiger charge is 2.18. The van der Waals surface area contributed by atoms with Crippen molar-refractivity contribution >= 4 is 21.6 Å². The molecule has 3 rings (SSSR count). The number of anilines is 1. The summed E-state index contributed by atoms with van der Waals surface area (Å²) < 4.78 is 36.8. The monoisotopic (exact) mass is 454 g/mol. The molecule has 0 bridgehead atoms. The first kappa shape index (κ1) is 23.1. The van der Waals surface area contributed by atoms with Gasteiger partial charge in [0.05, 0.1) is 32.1 Å². The Labute approximate surface area is 188 Å². The Balaban J connectivity index is 1.60. The van der Waals surface area contributed by atoms with Gasteiger partial charge >= 0.3 is 0 Å². The Hall–Kier alpha value is -3.52. The SMILES string of the molecule is COc1cccc(N(Cc2ccc(C(=O)NCCOc3ccccc3)cc2)S(C)(=O)=O)c1. The van der Waals surface area contributed by atoms with Gasteiger partial charge < -0.3 is 14.8 Å². The number of methoxy groups -OCH3 is 1. The number of benzene rings is 3. The molecule has 8 heteroatoms. The zero-order valence-corrected chi connectivity index (χ0v) is 18.8. The Bertz CT molecular complexity index is 1130. The van der Waals surface area contributed by atoms with Gasteiger partial charge in [0.25, 0.3) is 5.91 Å². The number of para-hydroxylation sites is 1. The van der Waals surface area contributed by atoms with Gasteiger partial charge in [-0.15, -0.1) is 0 Å². The minimum atomic E-state index is -3.52. The molecule has 0 saturated carbocycles. The first-order chi connectivity index (χ1) is 15.4. The van der Waals surface area contributed by atoms with Crippen LogP contribution >= 0.6 is 0 Å². The van der Waals surface area contributed by atoms with Crippen LogP contribution in [0.2, 0.25) is 0 Å². The summed E-state index contributed by atoms with van der Waals surface area (Å²) in [5, 5.41) is 2.81. The topological polar surface area (TPSA) is 84.9 Å². The van der Waals surface area contributed by atoms with Crippen molar-refractivity contribution in [3.63, 3.8) is 0 Å². The molecule has 0 aliphatic heterocycles. The largest absolute Gasteiger partial charge is 0.497 e. The van der Waals surface area contributed by atoms with E-state index in [1.807, 2.05) is 30.3 Å². The van der Waals surface area contributed by atoms with Crippen molar-refractivity contribution in [3.05, 3.63) is 90.0 Å². The van der Waals surface area contributed by atoms with Crippen LogP contribution in [0.25, 0.3) is 0 Å². The molecule has 0 fully saturated rings. The molecule has 0 aliphatic carbocycles. The second-order valence-corrected chi connectivity index (χ2v) is 8.99. The van der Waals surface area contributed by atoms with Crippen molar-refractivity contribution in [2.75, 3.05) is 30.8 Å². The normalized spacial score (nSPS) is 10.9. The molecule has 1 amide bonds. The van der Waals surface area contributed by atoms with E-state index in [4.69, 9.17) is 9.47 Å². The summed E-state index contributed by atoms with van der Waals surface area (Å²) in [5.74, 6) is 1.10. The summed E-state index contributed by atoms with van der Waals surface area (Å²) in [5.41, 5.74) is 1.75. The number of nitrogens with one attached hydrogen (secondary N) is 1. The van der Waals surface area contributed by atoms with Crippen LogP contribution in [0.15, 0.2) is 78.9 Å². The number of amides is 1. The summed E-state index contributed by atoms with van der Waals surface area (Å²) in [6.07, 6.45) is 1.16. The number of carbonyl (C=O) groups excluding carboxylic acids is 1. The number of hydrogen-bond acceptors (Lipinski definition) is 5. The third-order valence-corrected chi connectivity index (χ3v) is 5.82. The summed E-state index contributed by atoms with van der Waals surface area (Å²) in [6.45, 7) is 0.865. The van der Waals surface area contributed by atoms with Crippen LogP contribution in [-0.4, -0.2) is 40.8 Å². The van der Waals surface area contributed by atoms with Crippen molar-refractivity contribution in [1.82, 2.24) is 5.32 Å². The Morgan fingerprint density at radius 2 is 1.62 bits per heavy atom. The Morgan fingerprint density at radius 3 is 2.28 bits per heavy atom. The van der Waals surface area contributed by atoms with Crippen molar-refractivity contribution in [1.29, 1.82) is 0 Å². The molecule has 0 aromatic heterocycles. The molecule has 0 aliphatic rings. The molecule has 0 radical (unpaired) electrons. The number of nitrogens with zero attached hydrogens (tertiary/aromatic N) is 1. The van der Waals surface area contributed by atoms with E-state index in [1.54, 1.807) is 48.5 Å². The van der Waals surface area contributed by atoms with Crippen LogP contribution < -0.4 is 19.1 Å². The fourth-order valence-electron chi connectivity index (χ4n) is 3.05. The molecule has 0 unspecified atom stereocenters. The van der Waals surface area contributed by atoms with Gasteiger partial charge in [-0.05, 0) is 42.0 Å². The molecule has 32 heavy (non-hydrogen) atoms. The predicted molar refractivity (Wildman–Crippen MR) is 125 cm³/mol. The lowest BCUT2D eigenvalue weighted by molar-refractivity contribution is 0.0947. The van der Waals surface area contributed by atoms with Gasteiger partial charge in [-0.3, -0.25) is 9.10 Å². The van der Waals surface area contributed by atoms with Crippen LogP contribution in [0, 0.1) is 0 Å². The van der Waals surface area contributed by atoms with E-state index >= 15 is 0 Å². The van der Waals surface area contributed by atoms with Gasteiger partial charge in [-0.2, -0.15) is 0 Å². The van der Waals surface area contributed by atoms with E-state index in [0.29, 0.717) is 30.2 Å². The Kier molecular flexibility index (Phi) is 7.72. The van der Waals surface area contributed by atoms with E-state index in [0.717, 1.165) is 17.6 Å². The molecule has 3 aromatic rings. The number of ether oxygens (including phenoxy) is 2. The summed E-state index contributed by atoms with van der Waals surface area (Å²) in [7, 11) is -1.99. The summed E-state index contributed by atoms with van der Waals surface area (Å²) in [4.78, 5) is 12.4. The summed E-state index contributed by atoms with van der Waals surface area (Å²) in [6, 6.07) is 23.1. The zero-order valence-electron chi connectivity index (χ0n) is 18.0. The number of hydrogen-bond donors (Lipinski definition) is 1. The minimum Gasteiger partial charge on any atom is -0.497 e. The Morgan fingerprint density at radius 1 is 0.938 bits per heavy atom. The van der Waals surface area contributed by atoms with Crippen LogP contribution in [0.4, 0.5) is 5.69 Å². The molecule has 7 nitrogen and oxygen atoms in total. The van der Waals surface area contributed by atoms with Gasteiger partial charge in [0.15, 0.2) is 0 Å². The molecule has 168 valence electrons.